The van der Waals surface area contributed by atoms with Crippen molar-refractivity contribution < 1.29 is 22.7 Å². The second kappa shape index (κ2) is 8.22. The molecule has 2 rings (SSSR count). The lowest BCUT2D eigenvalue weighted by molar-refractivity contribution is -0.121. The predicted molar refractivity (Wildman–Crippen MR) is 79.6 cm³/mol. The average molecular weight is 323 g/mol. The fourth-order valence-electron chi connectivity index (χ4n) is 2.09. The Labute approximate surface area is 132 Å². The van der Waals surface area contributed by atoms with Crippen LogP contribution in [0, 0.1) is 5.82 Å². The van der Waals surface area contributed by atoms with Crippen LogP contribution in [0.1, 0.15) is 17.5 Å². The fraction of sp³-hybridized carbons (Fsp3) is 0.235. The highest BCUT2D eigenvalue weighted by atomic mass is 19.3. The number of nitrogens with one attached hydrogen (secondary N) is 1. The van der Waals surface area contributed by atoms with Crippen LogP contribution in [-0.2, 0) is 17.8 Å². The molecular weight excluding hydrogens is 307 g/mol. The lowest BCUT2D eigenvalue weighted by Crippen LogP contribution is -2.23. The van der Waals surface area contributed by atoms with E-state index in [1.54, 1.807) is 30.3 Å². The van der Waals surface area contributed by atoms with Crippen LogP contribution in [0.15, 0.2) is 48.5 Å². The predicted octanol–water partition coefficient (Wildman–Crippen LogP) is 3.68. The molecule has 0 heterocycles. The molecule has 0 spiro atoms. The van der Waals surface area contributed by atoms with Gasteiger partial charge in [0.15, 0.2) is 0 Å². The van der Waals surface area contributed by atoms with Crippen molar-refractivity contribution >= 4 is 5.91 Å². The van der Waals surface area contributed by atoms with Crippen molar-refractivity contribution in [3.8, 4) is 5.75 Å². The van der Waals surface area contributed by atoms with Gasteiger partial charge in [-0.15, -0.1) is 0 Å². The Balaban J connectivity index is 1.85. The Hall–Kier alpha value is -2.50. The summed E-state index contributed by atoms with van der Waals surface area (Å²) in [5.41, 5.74) is 1.19. The van der Waals surface area contributed by atoms with E-state index < -0.39 is 6.61 Å². The Bertz CT molecular complexity index is 662. The Kier molecular flexibility index (Phi) is 6.02. The highest BCUT2D eigenvalue weighted by Crippen LogP contribution is 2.20. The SMILES string of the molecule is O=C(CCc1cccc(F)c1)NCc1ccccc1OC(F)F. The van der Waals surface area contributed by atoms with E-state index in [1.165, 1.54) is 18.2 Å². The normalized spacial score (nSPS) is 10.6. The summed E-state index contributed by atoms with van der Waals surface area (Å²) < 4.78 is 42.0. The number of carbonyl (C=O) groups is 1. The van der Waals surface area contributed by atoms with Gasteiger partial charge >= 0.3 is 6.61 Å². The first-order valence-corrected chi connectivity index (χ1v) is 7.08. The minimum Gasteiger partial charge on any atom is -0.434 e. The third-order valence-electron chi connectivity index (χ3n) is 3.19. The lowest BCUT2D eigenvalue weighted by Gasteiger charge is -2.11. The van der Waals surface area contributed by atoms with E-state index in [2.05, 4.69) is 10.1 Å². The van der Waals surface area contributed by atoms with Crippen LogP contribution in [0.4, 0.5) is 13.2 Å². The summed E-state index contributed by atoms with van der Waals surface area (Å²) in [5, 5.41) is 2.64. The maximum atomic E-state index is 13.0. The summed E-state index contributed by atoms with van der Waals surface area (Å²) in [6.45, 7) is -2.83. The number of aryl methyl sites for hydroxylation is 1. The number of para-hydroxylation sites is 1. The van der Waals surface area contributed by atoms with Crippen molar-refractivity contribution in [2.24, 2.45) is 0 Å². The summed E-state index contributed by atoms with van der Waals surface area (Å²) >= 11 is 0. The molecule has 2 aromatic carbocycles. The van der Waals surface area contributed by atoms with Crippen LogP contribution in [0.5, 0.6) is 5.75 Å². The molecule has 2 aromatic rings. The van der Waals surface area contributed by atoms with Gasteiger partial charge in [0.2, 0.25) is 5.91 Å². The summed E-state index contributed by atoms with van der Waals surface area (Å²) in [5.74, 6) is -0.560. The third kappa shape index (κ3) is 5.65. The third-order valence-corrected chi connectivity index (χ3v) is 3.19. The first-order chi connectivity index (χ1) is 11.0. The first kappa shape index (κ1) is 16.9. The molecule has 1 amide bonds. The highest BCUT2D eigenvalue weighted by molar-refractivity contribution is 5.76. The van der Waals surface area contributed by atoms with Gasteiger partial charge in [0.25, 0.3) is 0 Å². The van der Waals surface area contributed by atoms with Crippen LogP contribution in [0.3, 0.4) is 0 Å². The molecule has 0 unspecified atom stereocenters. The summed E-state index contributed by atoms with van der Waals surface area (Å²) in [4.78, 5) is 11.8. The van der Waals surface area contributed by atoms with Crippen LogP contribution in [0.25, 0.3) is 0 Å². The zero-order valence-corrected chi connectivity index (χ0v) is 12.3. The van der Waals surface area contributed by atoms with Gasteiger partial charge in [-0.3, -0.25) is 4.79 Å². The summed E-state index contributed by atoms with van der Waals surface area (Å²) in [6, 6.07) is 12.3. The number of alkyl halides is 2. The second-order valence-corrected chi connectivity index (χ2v) is 4.89. The number of ether oxygens (including phenoxy) is 1. The zero-order chi connectivity index (χ0) is 16.7. The molecule has 23 heavy (non-hydrogen) atoms. The van der Waals surface area contributed by atoms with Gasteiger partial charge in [0, 0.05) is 18.5 Å². The van der Waals surface area contributed by atoms with Crippen LogP contribution < -0.4 is 10.1 Å². The molecule has 0 aromatic heterocycles. The van der Waals surface area contributed by atoms with Gasteiger partial charge in [0.05, 0.1) is 0 Å². The Morgan fingerprint density at radius 1 is 1.13 bits per heavy atom. The molecule has 0 fully saturated rings. The van der Waals surface area contributed by atoms with Gasteiger partial charge in [-0.25, -0.2) is 4.39 Å². The van der Waals surface area contributed by atoms with Gasteiger partial charge < -0.3 is 10.1 Å². The van der Waals surface area contributed by atoms with Gasteiger partial charge in [-0.2, -0.15) is 8.78 Å². The Morgan fingerprint density at radius 2 is 1.91 bits per heavy atom. The van der Waals surface area contributed by atoms with Crippen molar-refractivity contribution in [2.45, 2.75) is 26.0 Å². The van der Waals surface area contributed by atoms with E-state index in [4.69, 9.17) is 0 Å². The Morgan fingerprint density at radius 3 is 2.65 bits per heavy atom. The smallest absolute Gasteiger partial charge is 0.387 e. The molecule has 122 valence electrons. The molecule has 0 aliphatic rings. The second-order valence-electron chi connectivity index (χ2n) is 4.89. The van der Waals surface area contributed by atoms with Gasteiger partial charge in [-0.05, 0) is 30.2 Å². The van der Waals surface area contributed by atoms with Crippen LogP contribution >= 0.6 is 0 Å². The number of hydrogen-bond donors (Lipinski definition) is 1. The summed E-state index contributed by atoms with van der Waals surface area (Å²) in [6.07, 6.45) is 0.583. The van der Waals surface area contributed by atoms with Crippen molar-refractivity contribution in [1.82, 2.24) is 5.32 Å². The number of hydrogen-bond acceptors (Lipinski definition) is 2. The van der Waals surface area contributed by atoms with Crippen molar-refractivity contribution in [3.63, 3.8) is 0 Å². The zero-order valence-electron chi connectivity index (χ0n) is 12.3. The monoisotopic (exact) mass is 323 g/mol. The molecule has 0 aliphatic carbocycles. The van der Waals surface area contributed by atoms with E-state index in [-0.39, 0.29) is 30.4 Å². The van der Waals surface area contributed by atoms with Crippen LogP contribution in [-0.4, -0.2) is 12.5 Å². The maximum Gasteiger partial charge on any atom is 0.387 e. The minimum absolute atomic E-state index is 0.0351. The molecule has 0 saturated carbocycles. The molecule has 6 heteroatoms. The standard InChI is InChI=1S/C17H16F3NO2/c18-14-6-3-4-12(10-14)8-9-16(22)21-11-13-5-1-2-7-15(13)23-17(19)20/h1-7,10,17H,8-9,11H2,(H,21,22). The van der Waals surface area contributed by atoms with E-state index in [0.717, 1.165) is 5.56 Å². The quantitative estimate of drug-likeness (QED) is 0.844. The van der Waals surface area contributed by atoms with E-state index in [0.29, 0.717) is 12.0 Å². The topological polar surface area (TPSA) is 38.3 Å². The molecule has 0 saturated heterocycles. The molecule has 0 aliphatic heterocycles. The van der Waals surface area contributed by atoms with Gasteiger partial charge in [-0.1, -0.05) is 30.3 Å². The molecule has 3 nitrogen and oxygen atoms in total. The van der Waals surface area contributed by atoms with Crippen molar-refractivity contribution in [2.75, 3.05) is 0 Å². The van der Waals surface area contributed by atoms with Gasteiger partial charge in [0.1, 0.15) is 11.6 Å². The molecule has 0 radical (unpaired) electrons. The number of carbonyl (C=O) groups excluding carboxylic acids is 1. The van der Waals surface area contributed by atoms with Crippen molar-refractivity contribution in [1.29, 1.82) is 0 Å². The number of halogens is 3. The van der Waals surface area contributed by atoms with Crippen molar-refractivity contribution in [3.05, 3.63) is 65.5 Å². The minimum atomic E-state index is -2.92. The molecular formula is C17H16F3NO2. The van der Waals surface area contributed by atoms with E-state index >= 15 is 0 Å². The fourth-order valence-corrected chi connectivity index (χ4v) is 2.09. The largest absolute Gasteiger partial charge is 0.434 e. The molecule has 0 bridgehead atoms. The lowest BCUT2D eigenvalue weighted by atomic mass is 10.1. The number of benzene rings is 2. The number of rotatable bonds is 7. The maximum absolute atomic E-state index is 13.0. The summed E-state index contributed by atoms with van der Waals surface area (Å²) in [7, 11) is 0. The molecule has 1 N–H and O–H groups in total. The highest BCUT2D eigenvalue weighted by Gasteiger charge is 2.10. The first-order valence-electron chi connectivity index (χ1n) is 7.08. The van der Waals surface area contributed by atoms with E-state index in [1.807, 2.05) is 0 Å². The average Bonchev–Trinajstić information content (AvgIpc) is 2.51. The van der Waals surface area contributed by atoms with E-state index in [9.17, 15) is 18.0 Å². The molecule has 0 atom stereocenters. The van der Waals surface area contributed by atoms with Crippen LogP contribution in [0.2, 0.25) is 0 Å². The number of amides is 1.